The fourth-order valence-electron chi connectivity index (χ4n) is 3.69. The molecule has 1 saturated heterocycles. The first-order chi connectivity index (χ1) is 13.1. The second-order valence-electron chi connectivity index (χ2n) is 7.44. The van der Waals surface area contributed by atoms with Crippen LogP contribution in [0.1, 0.15) is 34.9 Å². The Balaban J connectivity index is 1.39. The van der Waals surface area contributed by atoms with Gasteiger partial charge in [0.25, 0.3) is 0 Å². The smallest absolute Gasteiger partial charge is 0.238 e. The van der Waals surface area contributed by atoms with Gasteiger partial charge in [-0.25, -0.2) is 4.98 Å². The summed E-state index contributed by atoms with van der Waals surface area (Å²) in [5.74, 6) is 0.480. The van der Waals surface area contributed by atoms with Gasteiger partial charge in [0.15, 0.2) is 0 Å². The number of carbonyl (C=O) groups is 1. The summed E-state index contributed by atoms with van der Waals surface area (Å²) < 4.78 is 1.25. The van der Waals surface area contributed by atoms with Crippen LogP contribution in [-0.2, 0) is 4.79 Å². The highest BCUT2D eigenvalue weighted by atomic mass is 32.1. The number of piperidine rings is 1. The summed E-state index contributed by atoms with van der Waals surface area (Å²) in [5, 5.41) is 4.24. The molecule has 1 fully saturated rings. The molecule has 0 bridgehead atoms. The first-order valence-electron chi connectivity index (χ1n) is 9.53. The second kappa shape index (κ2) is 7.79. The Morgan fingerprint density at radius 1 is 1.22 bits per heavy atom. The number of fused-ring (bicyclic) bond motifs is 1. The molecule has 1 aliphatic heterocycles. The highest BCUT2D eigenvalue weighted by Crippen LogP contribution is 2.32. The summed E-state index contributed by atoms with van der Waals surface area (Å²) in [4.78, 5) is 19.6. The summed E-state index contributed by atoms with van der Waals surface area (Å²) in [6, 6.07) is 14.4. The molecule has 1 aromatic heterocycles. The Hall–Kier alpha value is -2.24. The van der Waals surface area contributed by atoms with E-state index >= 15 is 0 Å². The van der Waals surface area contributed by atoms with Crippen molar-refractivity contribution in [1.82, 2.24) is 9.88 Å². The van der Waals surface area contributed by atoms with E-state index < -0.39 is 0 Å². The lowest BCUT2D eigenvalue weighted by Gasteiger charge is -2.31. The Morgan fingerprint density at radius 3 is 2.89 bits per heavy atom. The summed E-state index contributed by atoms with van der Waals surface area (Å²) in [6.45, 7) is 6.46. The van der Waals surface area contributed by atoms with Gasteiger partial charge >= 0.3 is 0 Å². The first-order valence-corrected chi connectivity index (χ1v) is 10.3. The topological polar surface area (TPSA) is 45.2 Å². The summed E-state index contributed by atoms with van der Waals surface area (Å²) in [7, 11) is 0. The number of amides is 1. The highest BCUT2D eigenvalue weighted by molar-refractivity contribution is 7.18. The molecule has 2 heterocycles. The molecule has 5 heteroatoms. The number of hydrogen-bond acceptors (Lipinski definition) is 4. The molecule has 1 N–H and O–H groups in total. The zero-order chi connectivity index (χ0) is 18.8. The van der Waals surface area contributed by atoms with E-state index in [0.717, 1.165) is 37.1 Å². The van der Waals surface area contributed by atoms with E-state index in [9.17, 15) is 4.79 Å². The second-order valence-corrected chi connectivity index (χ2v) is 8.50. The van der Waals surface area contributed by atoms with Crippen molar-refractivity contribution in [3.05, 3.63) is 58.6 Å². The van der Waals surface area contributed by atoms with Crippen LogP contribution in [0.15, 0.2) is 42.5 Å². The van der Waals surface area contributed by atoms with Crippen molar-refractivity contribution in [1.29, 1.82) is 0 Å². The van der Waals surface area contributed by atoms with Gasteiger partial charge in [-0.3, -0.25) is 9.69 Å². The lowest BCUT2D eigenvalue weighted by Crippen LogP contribution is -2.39. The molecule has 4 rings (SSSR count). The van der Waals surface area contributed by atoms with E-state index in [1.54, 1.807) is 11.3 Å². The Morgan fingerprint density at radius 2 is 2.07 bits per heavy atom. The van der Waals surface area contributed by atoms with Crippen LogP contribution >= 0.6 is 11.3 Å². The monoisotopic (exact) mass is 379 g/mol. The van der Waals surface area contributed by atoms with E-state index in [2.05, 4.69) is 48.3 Å². The predicted molar refractivity (Wildman–Crippen MR) is 113 cm³/mol. The molecule has 0 spiro atoms. The van der Waals surface area contributed by atoms with E-state index in [-0.39, 0.29) is 5.91 Å². The molecule has 27 heavy (non-hydrogen) atoms. The van der Waals surface area contributed by atoms with Gasteiger partial charge in [0.1, 0.15) is 0 Å². The number of aryl methyl sites for hydroxylation is 2. The van der Waals surface area contributed by atoms with Crippen LogP contribution in [0.5, 0.6) is 0 Å². The fraction of sp³-hybridized carbons (Fsp3) is 0.364. The van der Waals surface area contributed by atoms with Gasteiger partial charge in [-0.05, 0) is 68.6 Å². The minimum atomic E-state index is 0.0585. The van der Waals surface area contributed by atoms with E-state index in [4.69, 9.17) is 4.98 Å². The lowest BCUT2D eigenvalue weighted by atomic mass is 9.99. The van der Waals surface area contributed by atoms with Crippen LogP contribution < -0.4 is 5.32 Å². The molecule has 0 unspecified atom stereocenters. The molecule has 0 aliphatic carbocycles. The summed E-state index contributed by atoms with van der Waals surface area (Å²) in [6.07, 6.45) is 2.26. The molecule has 3 aromatic rings. The third-order valence-electron chi connectivity index (χ3n) is 5.32. The van der Waals surface area contributed by atoms with Crippen LogP contribution in [0, 0.1) is 13.8 Å². The lowest BCUT2D eigenvalue weighted by molar-refractivity contribution is -0.117. The maximum Gasteiger partial charge on any atom is 0.238 e. The predicted octanol–water partition coefficient (Wildman–Crippen LogP) is 4.73. The van der Waals surface area contributed by atoms with Crippen molar-refractivity contribution >= 4 is 33.1 Å². The van der Waals surface area contributed by atoms with Gasteiger partial charge < -0.3 is 5.32 Å². The van der Waals surface area contributed by atoms with E-state index in [1.165, 1.54) is 20.8 Å². The largest absolute Gasteiger partial charge is 0.325 e. The van der Waals surface area contributed by atoms with Crippen LogP contribution in [0.25, 0.3) is 10.2 Å². The molecule has 140 valence electrons. The summed E-state index contributed by atoms with van der Waals surface area (Å²) >= 11 is 1.79. The molecule has 1 aliphatic rings. The number of benzene rings is 2. The molecule has 2 aromatic carbocycles. The van der Waals surface area contributed by atoms with Crippen molar-refractivity contribution in [3.8, 4) is 0 Å². The van der Waals surface area contributed by atoms with Crippen molar-refractivity contribution in [2.45, 2.75) is 32.6 Å². The van der Waals surface area contributed by atoms with Crippen molar-refractivity contribution in [2.24, 2.45) is 0 Å². The number of rotatable bonds is 4. The van der Waals surface area contributed by atoms with Gasteiger partial charge in [-0.15, -0.1) is 11.3 Å². The van der Waals surface area contributed by atoms with Crippen molar-refractivity contribution < 1.29 is 4.79 Å². The Bertz CT molecular complexity index is 932. The van der Waals surface area contributed by atoms with Gasteiger partial charge in [0.2, 0.25) is 5.91 Å². The number of hydrogen-bond donors (Lipinski definition) is 1. The third-order valence-corrected chi connectivity index (χ3v) is 6.52. The maximum absolute atomic E-state index is 12.5. The van der Waals surface area contributed by atoms with Crippen LogP contribution in [-0.4, -0.2) is 35.4 Å². The highest BCUT2D eigenvalue weighted by Gasteiger charge is 2.25. The number of para-hydroxylation sites is 1. The standard InChI is InChI=1S/C22H25N3OS/c1-15-9-10-18(12-16(15)2)23-21(26)14-25-11-5-6-17(13-25)22-24-19-7-3-4-8-20(19)27-22/h3-4,7-10,12,17H,5-6,11,13-14H2,1-2H3,(H,23,26)/t17-/m0/s1. The van der Waals surface area contributed by atoms with Crippen LogP contribution in [0.4, 0.5) is 5.69 Å². The normalized spacial score (nSPS) is 17.9. The zero-order valence-corrected chi connectivity index (χ0v) is 16.7. The zero-order valence-electron chi connectivity index (χ0n) is 15.9. The number of nitrogens with zero attached hydrogens (tertiary/aromatic N) is 2. The van der Waals surface area contributed by atoms with Crippen molar-refractivity contribution in [2.75, 3.05) is 25.0 Å². The van der Waals surface area contributed by atoms with Crippen LogP contribution in [0.2, 0.25) is 0 Å². The van der Waals surface area contributed by atoms with E-state index in [0.29, 0.717) is 12.5 Å². The number of aromatic nitrogens is 1. The van der Waals surface area contributed by atoms with Gasteiger partial charge in [0.05, 0.1) is 21.8 Å². The number of anilines is 1. The number of carbonyl (C=O) groups excluding carboxylic acids is 1. The minimum Gasteiger partial charge on any atom is -0.325 e. The molecule has 1 atom stereocenters. The molecule has 4 nitrogen and oxygen atoms in total. The van der Waals surface area contributed by atoms with Crippen LogP contribution in [0.3, 0.4) is 0 Å². The number of nitrogens with one attached hydrogen (secondary N) is 1. The van der Waals surface area contributed by atoms with Crippen molar-refractivity contribution in [3.63, 3.8) is 0 Å². The quantitative estimate of drug-likeness (QED) is 0.713. The SMILES string of the molecule is Cc1ccc(NC(=O)CN2CCC[C@H](c3nc4ccccc4s3)C2)cc1C. The first kappa shape index (κ1) is 18.1. The Labute approximate surface area is 164 Å². The molecule has 0 radical (unpaired) electrons. The van der Waals surface area contributed by atoms with Gasteiger partial charge in [-0.1, -0.05) is 18.2 Å². The average molecular weight is 380 g/mol. The molecular formula is C22H25N3OS. The molecule has 1 amide bonds. The summed E-state index contributed by atoms with van der Waals surface area (Å²) in [5.41, 5.74) is 4.40. The molecular weight excluding hydrogens is 354 g/mol. The average Bonchev–Trinajstić information content (AvgIpc) is 3.09. The number of thiazole rings is 1. The van der Waals surface area contributed by atoms with E-state index in [1.807, 2.05) is 18.2 Å². The molecule has 0 saturated carbocycles. The Kier molecular flexibility index (Phi) is 5.23. The maximum atomic E-state index is 12.5. The fourth-order valence-corrected chi connectivity index (χ4v) is 4.78. The van der Waals surface area contributed by atoms with Gasteiger partial charge in [-0.2, -0.15) is 0 Å². The third kappa shape index (κ3) is 4.20. The minimum absolute atomic E-state index is 0.0585. The van der Waals surface area contributed by atoms with Gasteiger partial charge in [0, 0.05) is 18.2 Å². The number of likely N-dealkylation sites (tertiary alicyclic amines) is 1.